The van der Waals surface area contributed by atoms with E-state index in [0.29, 0.717) is 13.1 Å². The number of nitrogens with two attached hydrogens (primary N) is 1. The van der Waals surface area contributed by atoms with Crippen LogP contribution in [0, 0.1) is 0 Å². The molecule has 0 aromatic heterocycles. The molecule has 0 saturated carbocycles. The number of imide groups is 1. The summed E-state index contributed by atoms with van der Waals surface area (Å²) in [7, 11) is 0. The average molecular weight is 194 g/mol. The SMILES string of the molecule is Cl.NCCN1CC(=O)NC(=O)C1. The lowest BCUT2D eigenvalue weighted by Crippen LogP contribution is -2.52. The Morgan fingerprint density at radius 3 is 2.25 bits per heavy atom. The Hall–Kier alpha value is -0.650. The van der Waals surface area contributed by atoms with Gasteiger partial charge in [-0.05, 0) is 0 Å². The molecule has 5 nitrogen and oxygen atoms in total. The summed E-state index contributed by atoms with van der Waals surface area (Å²) >= 11 is 0. The van der Waals surface area contributed by atoms with Gasteiger partial charge >= 0.3 is 0 Å². The van der Waals surface area contributed by atoms with Crippen molar-refractivity contribution >= 4 is 24.2 Å². The monoisotopic (exact) mass is 193 g/mol. The fraction of sp³-hybridized carbons (Fsp3) is 0.667. The molecule has 1 rings (SSSR count). The van der Waals surface area contributed by atoms with Crippen molar-refractivity contribution in [2.75, 3.05) is 26.2 Å². The van der Waals surface area contributed by atoms with E-state index in [1.165, 1.54) is 0 Å². The summed E-state index contributed by atoms with van der Waals surface area (Å²) in [6.45, 7) is 1.63. The van der Waals surface area contributed by atoms with Crippen molar-refractivity contribution in [2.45, 2.75) is 0 Å². The number of nitrogens with zero attached hydrogens (tertiary/aromatic N) is 1. The van der Waals surface area contributed by atoms with E-state index in [9.17, 15) is 9.59 Å². The van der Waals surface area contributed by atoms with Gasteiger partial charge in [0.05, 0.1) is 13.1 Å². The first kappa shape index (κ1) is 11.4. The second-order valence-electron chi connectivity index (χ2n) is 2.47. The summed E-state index contributed by atoms with van der Waals surface area (Å²) in [5, 5.41) is 2.21. The van der Waals surface area contributed by atoms with Crippen LogP contribution in [0.25, 0.3) is 0 Å². The Morgan fingerprint density at radius 2 is 1.83 bits per heavy atom. The van der Waals surface area contributed by atoms with E-state index in [0.717, 1.165) is 0 Å². The number of carbonyl (C=O) groups is 2. The fourth-order valence-electron chi connectivity index (χ4n) is 1.04. The number of halogens is 1. The van der Waals surface area contributed by atoms with Gasteiger partial charge in [-0.25, -0.2) is 0 Å². The first-order valence-corrected chi connectivity index (χ1v) is 3.47. The third-order valence-electron chi connectivity index (χ3n) is 1.46. The Labute approximate surface area is 76.7 Å². The van der Waals surface area contributed by atoms with E-state index in [4.69, 9.17) is 5.73 Å². The molecule has 70 valence electrons. The first-order valence-electron chi connectivity index (χ1n) is 3.47. The highest BCUT2D eigenvalue weighted by molar-refractivity contribution is 5.99. The fourth-order valence-corrected chi connectivity index (χ4v) is 1.04. The topological polar surface area (TPSA) is 75.4 Å². The van der Waals surface area contributed by atoms with Gasteiger partial charge in [-0.1, -0.05) is 0 Å². The van der Waals surface area contributed by atoms with Crippen molar-refractivity contribution in [3.63, 3.8) is 0 Å². The van der Waals surface area contributed by atoms with E-state index >= 15 is 0 Å². The molecule has 0 aromatic rings. The molecular weight excluding hydrogens is 182 g/mol. The van der Waals surface area contributed by atoms with E-state index in [-0.39, 0.29) is 37.3 Å². The molecule has 0 spiro atoms. The number of carbonyl (C=O) groups excluding carboxylic acids is 2. The predicted octanol–water partition coefficient (Wildman–Crippen LogP) is -1.67. The highest BCUT2D eigenvalue weighted by Crippen LogP contribution is 1.91. The van der Waals surface area contributed by atoms with Gasteiger partial charge in [-0.2, -0.15) is 0 Å². The van der Waals surface area contributed by atoms with Crippen LogP contribution in [0.15, 0.2) is 0 Å². The quantitative estimate of drug-likeness (QED) is 0.514. The third-order valence-corrected chi connectivity index (χ3v) is 1.46. The second-order valence-corrected chi connectivity index (χ2v) is 2.47. The molecule has 0 atom stereocenters. The molecule has 3 N–H and O–H groups in total. The van der Waals surface area contributed by atoms with Gasteiger partial charge in [-0.15, -0.1) is 12.4 Å². The molecule has 1 aliphatic rings. The van der Waals surface area contributed by atoms with Crippen LogP contribution in [0.2, 0.25) is 0 Å². The number of piperazine rings is 1. The highest BCUT2D eigenvalue weighted by atomic mass is 35.5. The maximum absolute atomic E-state index is 10.7. The van der Waals surface area contributed by atoms with Gasteiger partial charge in [-0.3, -0.25) is 19.8 Å². The van der Waals surface area contributed by atoms with Crippen molar-refractivity contribution in [3.8, 4) is 0 Å². The Morgan fingerprint density at radius 1 is 1.33 bits per heavy atom. The molecular formula is C6H12ClN3O2. The molecule has 0 unspecified atom stereocenters. The minimum absolute atomic E-state index is 0. The van der Waals surface area contributed by atoms with Crippen molar-refractivity contribution < 1.29 is 9.59 Å². The van der Waals surface area contributed by atoms with E-state index in [2.05, 4.69) is 5.32 Å². The second kappa shape index (κ2) is 5.08. The average Bonchev–Trinajstić information content (AvgIpc) is 1.85. The lowest BCUT2D eigenvalue weighted by atomic mass is 10.3. The Bertz CT molecular complexity index is 170. The van der Waals surface area contributed by atoms with Gasteiger partial charge in [0.1, 0.15) is 0 Å². The molecule has 1 saturated heterocycles. The highest BCUT2D eigenvalue weighted by Gasteiger charge is 2.20. The van der Waals surface area contributed by atoms with E-state index in [1.807, 2.05) is 0 Å². The molecule has 1 aliphatic heterocycles. The minimum atomic E-state index is -0.241. The Balaban J connectivity index is 0.00000121. The third kappa shape index (κ3) is 3.17. The minimum Gasteiger partial charge on any atom is -0.329 e. The zero-order valence-electron chi connectivity index (χ0n) is 6.58. The summed E-state index contributed by atoms with van der Waals surface area (Å²) < 4.78 is 0. The van der Waals surface area contributed by atoms with Crippen LogP contribution >= 0.6 is 12.4 Å². The standard InChI is InChI=1S/C6H11N3O2.ClH/c7-1-2-9-3-5(10)8-6(11)4-9;/h1-4,7H2,(H,8,10,11);1H. The van der Waals surface area contributed by atoms with Gasteiger partial charge in [0.2, 0.25) is 11.8 Å². The van der Waals surface area contributed by atoms with Crippen molar-refractivity contribution in [2.24, 2.45) is 5.73 Å². The molecule has 6 heteroatoms. The summed E-state index contributed by atoms with van der Waals surface area (Å²) in [5.74, 6) is -0.482. The maximum Gasteiger partial charge on any atom is 0.240 e. The summed E-state index contributed by atoms with van der Waals surface area (Å²) in [6.07, 6.45) is 0. The number of rotatable bonds is 2. The van der Waals surface area contributed by atoms with Gasteiger partial charge in [0.25, 0.3) is 0 Å². The molecule has 0 aliphatic carbocycles. The summed E-state index contributed by atoms with van der Waals surface area (Å²) in [6, 6.07) is 0. The number of hydrogen-bond acceptors (Lipinski definition) is 4. The molecule has 12 heavy (non-hydrogen) atoms. The molecule has 1 heterocycles. The van der Waals surface area contributed by atoms with E-state index < -0.39 is 0 Å². The van der Waals surface area contributed by atoms with Crippen LogP contribution in [0.3, 0.4) is 0 Å². The zero-order chi connectivity index (χ0) is 8.27. The van der Waals surface area contributed by atoms with E-state index in [1.54, 1.807) is 4.90 Å². The first-order chi connectivity index (χ1) is 5.22. The van der Waals surface area contributed by atoms with Crippen LogP contribution in [-0.4, -0.2) is 42.9 Å². The molecule has 0 radical (unpaired) electrons. The maximum atomic E-state index is 10.7. The van der Waals surface area contributed by atoms with Crippen LogP contribution in [0.5, 0.6) is 0 Å². The normalized spacial score (nSPS) is 18.4. The smallest absolute Gasteiger partial charge is 0.240 e. The van der Waals surface area contributed by atoms with Gasteiger partial charge < -0.3 is 5.73 Å². The number of hydrogen-bond donors (Lipinski definition) is 2. The largest absolute Gasteiger partial charge is 0.329 e. The van der Waals surface area contributed by atoms with Crippen molar-refractivity contribution in [3.05, 3.63) is 0 Å². The molecule has 1 fully saturated rings. The lowest BCUT2D eigenvalue weighted by molar-refractivity contribution is -0.135. The number of amides is 2. The van der Waals surface area contributed by atoms with Crippen LogP contribution in [0.1, 0.15) is 0 Å². The lowest BCUT2D eigenvalue weighted by Gasteiger charge is -2.24. The van der Waals surface area contributed by atoms with Crippen molar-refractivity contribution in [1.29, 1.82) is 0 Å². The summed E-state index contributed by atoms with van der Waals surface area (Å²) in [4.78, 5) is 23.2. The predicted molar refractivity (Wildman–Crippen MR) is 45.9 cm³/mol. The number of nitrogens with one attached hydrogen (secondary N) is 1. The van der Waals surface area contributed by atoms with Crippen LogP contribution < -0.4 is 11.1 Å². The Kier molecular flexibility index (Phi) is 4.80. The molecule has 0 aromatic carbocycles. The molecule has 0 bridgehead atoms. The van der Waals surface area contributed by atoms with Crippen LogP contribution in [-0.2, 0) is 9.59 Å². The zero-order valence-corrected chi connectivity index (χ0v) is 7.39. The summed E-state index contributed by atoms with van der Waals surface area (Å²) in [5.41, 5.74) is 5.27. The van der Waals surface area contributed by atoms with Crippen molar-refractivity contribution in [1.82, 2.24) is 10.2 Å². The molecule has 2 amide bonds. The van der Waals surface area contributed by atoms with Gasteiger partial charge in [0, 0.05) is 13.1 Å². The van der Waals surface area contributed by atoms with Crippen LogP contribution in [0.4, 0.5) is 0 Å². The van der Waals surface area contributed by atoms with Gasteiger partial charge in [0.15, 0.2) is 0 Å².